The van der Waals surface area contributed by atoms with Crippen LogP contribution in [-0.4, -0.2) is 0 Å². The average Bonchev–Trinajstić information content (AvgIpc) is 2.81. The van der Waals surface area contributed by atoms with E-state index in [4.69, 9.17) is 0 Å². The van der Waals surface area contributed by atoms with Crippen LogP contribution in [0.2, 0.25) is 0 Å². The molecule has 0 spiro atoms. The third-order valence-corrected chi connectivity index (χ3v) is 8.49. The van der Waals surface area contributed by atoms with Crippen LogP contribution in [0.5, 0.6) is 0 Å². The van der Waals surface area contributed by atoms with E-state index in [-0.39, 0.29) is 10.8 Å². The van der Waals surface area contributed by atoms with Crippen LogP contribution in [0.1, 0.15) is 160 Å². The minimum atomic E-state index is 0.121. The van der Waals surface area contributed by atoms with Crippen LogP contribution in [0.15, 0.2) is 42.5 Å². The lowest BCUT2D eigenvalue weighted by Gasteiger charge is -2.29. The van der Waals surface area contributed by atoms with E-state index < -0.39 is 0 Å². The van der Waals surface area contributed by atoms with Crippen molar-refractivity contribution in [2.75, 3.05) is 0 Å². The maximum atomic E-state index is 2.50. The van der Waals surface area contributed by atoms with Gasteiger partial charge in [-0.2, -0.15) is 0 Å². The van der Waals surface area contributed by atoms with Crippen LogP contribution in [0.3, 0.4) is 0 Å². The Balaban J connectivity index is 2.46. The summed E-state index contributed by atoms with van der Waals surface area (Å²) in [5.41, 5.74) is 16.1. The highest BCUT2D eigenvalue weighted by Crippen LogP contribution is 2.46. The molecule has 0 amide bonds. The van der Waals surface area contributed by atoms with E-state index in [1.54, 1.807) is 0 Å². The predicted octanol–water partition coefficient (Wildman–Crippen LogP) is 12.4. The summed E-state index contributed by atoms with van der Waals surface area (Å²) in [6.45, 7) is 35.2. The zero-order valence-corrected chi connectivity index (χ0v) is 27.9. The average molecular weight is 525 g/mol. The van der Waals surface area contributed by atoms with Crippen molar-refractivity contribution in [3.8, 4) is 22.3 Å². The molecule has 0 aliphatic carbocycles. The molecule has 0 unspecified atom stereocenters. The van der Waals surface area contributed by atoms with Crippen molar-refractivity contribution in [2.24, 2.45) is 0 Å². The standard InChI is InChI=1S/C39H56/c1-23(2)32-19-28(38(10,11)12)20-33(24(3)4)36(32)30-17-16-18-31(27(30)9)37-34(25(5)6)21-29(39(13,14)15)22-35(37)26(7)8/h16-26H,1-15H3. The fraction of sp³-hybridized carbons (Fsp3) is 0.538. The van der Waals surface area contributed by atoms with Gasteiger partial charge in [0.15, 0.2) is 0 Å². The molecule has 212 valence electrons. The SMILES string of the molecule is Cc1c(-c2c(C(C)C)cc(C(C)(C)C)cc2C(C)C)cccc1-c1c(C(C)C)cc(C(C)(C)C)cc1C(C)C. The molecule has 0 saturated carbocycles. The van der Waals surface area contributed by atoms with Crippen LogP contribution < -0.4 is 0 Å². The van der Waals surface area contributed by atoms with Crippen molar-refractivity contribution in [2.45, 2.75) is 138 Å². The molecule has 0 aromatic heterocycles. The summed E-state index contributed by atoms with van der Waals surface area (Å²) in [4.78, 5) is 0. The molecule has 0 radical (unpaired) electrons. The van der Waals surface area contributed by atoms with Crippen LogP contribution in [0, 0.1) is 6.92 Å². The molecule has 0 bridgehead atoms. The van der Waals surface area contributed by atoms with Gasteiger partial charge in [0.2, 0.25) is 0 Å². The highest BCUT2D eigenvalue weighted by molar-refractivity contribution is 5.85. The summed E-state index contributed by atoms with van der Waals surface area (Å²) in [6.07, 6.45) is 0. The molecular formula is C39H56. The first-order valence-electron chi connectivity index (χ1n) is 15.3. The Morgan fingerprint density at radius 1 is 0.462 bits per heavy atom. The lowest BCUT2D eigenvalue weighted by atomic mass is 9.75. The fourth-order valence-electron chi connectivity index (χ4n) is 5.86. The molecule has 0 heteroatoms. The van der Waals surface area contributed by atoms with Gasteiger partial charge in [0, 0.05) is 0 Å². The highest BCUT2D eigenvalue weighted by atomic mass is 14.3. The quantitative estimate of drug-likeness (QED) is 0.301. The number of hydrogen-bond acceptors (Lipinski definition) is 0. The number of benzene rings is 3. The Bertz CT molecular complexity index is 1160. The summed E-state index contributed by atoms with van der Waals surface area (Å²) < 4.78 is 0. The van der Waals surface area contributed by atoms with Crippen molar-refractivity contribution in [1.82, 2.24) is 0 Å². The predicted molar refractivity (Wildman–Crippen MR) is 176 cm³/mol. The Morgan fingerprint density at radius 2 is 0.718 bits per heavy atom. The van der Waals surface area contributed by atoms with E-state index in [9.17, 15) is 0 Å². The largest absolute Gasteiger partial charge is 0.0610 e. The second-order valence-electron chi connectivity index (χ2n) is 15.2. The lowest BCUT2D eigenvalue weighted by Crippen LogP contribution is -2.15. The van der Waals surface area contributed by atoms with E-state index in [0.717, 1.165) is 0 Å². The molecule has 39 heavy (non-hydrogen) atoms. The van der Waals surface area contributed by atoms with Gasteiger partial charge in [-0.1, -0.05) is 139 Å². The molecule has 0 aliphatic rings. The van der Waals surface area contributed by atoms with Gasteiger partial charge in [0.1, 0.15) is 0 Å². The summed E-state index contributed by atoms with van der Waals surface area (Å²) in [5.74, 6) is 1.80. The summed E-state index contributed by atoms with van der Waals surface area (Å²) in [6, 6.07) is 17.0. The zero-order valence-electron chi connectivity index (χ0n) is 27.9. The second kappa shape index (κ2) is 11.3. The molecule has 0 aliphatic heterocycles. The molecule has 3 aromatic carbocycles. The maximum Gasteiger partial charge on any atom is -0.0111 e. The molecule has 0 nitrogen and oxygen atoms in total. The molecule has 0 heterocycles. The van der Waals surface area contributed by atoms with Gasteiger partial charge in [0.25, 0.3) is 0 Å². The summed E-state index contributed by atoms with van der Waals surface area (Å²) in [5, 5.41) is 0. The van der Waals surface area contributed by atoms with Crippen molar-refractivity contribution in [3.63, 3.8) is 0 Å². The van der Waals surface area contributed by atoms with E-state index in [2.05, 4.69) is 146 Å². The van der Waals surface area contributed by atoms with E-state index >= 15 is 0 Å². The van der Waals surface area contributed by atoms with Crippen molar-refractivity contribution < 1.29 is 0 Å². The van der Waals surface area contributed by atoms with Gasteiger partial charge < -0.3 is 0 Å². The Hall–Kier alpha value is -2.34. The minimum absolute atomic E-state index is 0.121. The van der Waals surface area contributed by atoms with Gasteiger partial charge in [-0.15, -0.1) is 0 Å². The Morgan fingerprint density at radius 3 is 0.923 bits per heavy atom. The van der Waals surface area contributed by atoms with Crippen LogP contribution >= 0.6 is 0 Å². The van der Waals surface area contributed by atoms with Crippen LogP contribution in [-0.2, 0) is 10.8 Å². The Labute approximate surface area is 241 Å². The second-order valence-corrected chi connectivity index (χ2v) is 15.2. The first kappa shape index (κ1) is 31.2. The topological polar surface area (TPSA) is 0 Å². The monoisotopic (exact) mass is 524 g/mol. The summed E-state index contributed by atoms with van der Waals surface area (Å²) in [7, 11) is 0. The van der Waals surface area contributed by atoms with Gasteiger partial charge in [-0.05, 0) is 103 Å². The normalized spacial score (nSPS) is 12.9. The minimum Gasteiger partial charge on any atom is -0.0610 e. The lowest BCUT2D eigenvalue weighted by molar-refractivity contribution is 0.586. The van der Waals surface area contributed by atoms with Gasteiger partial charge >= 0.3 is 0 Å². The first-order valence-corrected chi connectivity index (χ1v) is 15.3. The first-order chi connectivity index (χ1) is 17.9. The number of rotatable bonds is 6. The van der Waals surface area contributed by atoms with E-state index in [0.29, 0.717) is 23.7 Å². The molecule has 0 N–H and O–H groups in total. The molecular weight excluding hydrogens is 468 g/mol. The molecule has 3 rings (SSSR count). The summed E-state index contributed by atoms with van der Waals surface area (Å²) >= 11 is 0. The van der Waals surface area contributed by atoms with E-state index in [1.807, 2.05) is 0 Å². The maximum absolute atomic E-state index is 2.50. The third kappa shape index (κ3) is 6.37. The van der Waals surface area contributed by atoms with Crippen molar-refractivity contribution >= 4 is 0 Å². The van der Waals surface area contributed by atoms with Crippen molar-refractivity contribution in [1.29, 1.82) is 0 Å². The van der Waals surface area contributed by atoms with Gasteiger partial charge in [0.05, 0.1) is 0 Å². The van der Waals surface area contributed by atoms with Crippen LogP contribution in [0.25, 0.3) is 22.3 Å². The molecule has 3 aromatic rings. The smallest absolute Gasteiger partial charge is 0.0111 e. The van der Waals surface area contributed by atoms with Crippen LogP contribution in [0.4, 0.5) is 0 Å². The van der Waals surface area contributed by atoms with Gasteiger partial charge in [-0.3, -0.25) is 0 Å². The number of hydrogen-bond donors (Lipinski definition) is 0. The molecule has 0 fully saturated rings. The fourth-order valence-corrected chi connectivity index (χ4v) is 5.86. The van der Waals surface area contributed by atoms with Gasteiger partial charge in [-0.25, -0.2) is 0 Å². The van der Waals surface area contributed by atoms with Crippen molar-refractivity contribution in [3.05, 3.63) is 81.4 Å². The highest BCUT2D eigenvalue weighted by Gasteiger charge is 2.26. The van der Waals surface area contributed by atoms with E-state index in [1.165, 1.54) is 61.2 Å². The third-order valence-electron chi connectivity index (χ3n) is 8.49. The zero-order chi connectivity index (χ0) is 29.6. The molecule has 0 atom stereocenters. The molecule has 0 saturated heterocycles. The Kier molecular flexibility index (Phi) is 9.01.